The van der Waals surface area contributed by atoms with E-state index in [1.165, 1.54) is 18.0 Å². The van der Waals surface area contributed by atoms with E-state index in [0.717, 1.165) is 18.2 Å². The number of nitrogens with two attached hydrogens (primary N) is 1. The number of ether oxygens (including phenoxy) is 1. The molecule has 0 spiro atoms. The molecular formula is C16H16FN5O3S. The third kappa shape index (κ3) is 3.28. The van der Waals surface area contributed by atoms with Gasteiger partial charge in [-0.1, -0.05) is 0 Å². The molecule has 0 radical (unpaired) electrons. The molecule has 0 aliphatic rings. The van der Waals surface area contributed by atoms with E-state index in [9.17, 15) is 12.8 Å². The van der Waals surface area contributed by atoms with Crippen molar-refractivity contribution >= 4 is 10.0 Å². The molecule has 2 aromatic heterocycles. The van der Waals surface area contributed by atoms with Gasteiger partial charge in [-0.3, -0.25) is 4.98 Å². The van der Waals surface area contributed by atoms with Crippen molar-refractivity contribution in [2.45, 2.75) is 18.7 Å². The largest absolute Gasteiger partial charge is 0.494 e. The number of aromatic nitrogens is 4. The number of aryl methyl sites for hydroxylation is 2. The normalized spacial score (nSPS) is 11.6. The number of benzene rings is 1. The molecule has 10 heteroatoms. The number of hydrogen-bond donors (Lipinski definition) is 1. The van der Waals surface area contributed by atoms with Gasteiger partial charge >= 0.3 is 0 Å². The second kappa shape index (κ2) is 6.46. The van der Waals surface area contributed by atoms with Crippen LogP contribution in [0.25, 0.3) is 17.1 Å². The Morgan fingerprint density at radius 1 is 1.23 bits per heavy atom. The van der Waals surface area contributed by atoms with Crippen LogP contribution in [0, 0.1) is 19.7 Å². The lowest BCUT2D eigenvalue weighted by molar-refractivity contribution is 0.414. The fourth-order valence-corrected chi connectivity index (χ4v) is 3.01. The summed E-state index contributed by atoms with van der Waals surface area (Å²) >= 11 is 0. The second-order valence-corrected chi connectivity index (χ2v) is 7.14. The number of methoxy groups -OCH3 is 1. The molecule has 26 heavy (non-hydrogen) atoms. The Kier molecular flexibility index (Phi) is 4.46. The first kappa shape index (κ1) is 18.0. The summed E-state index contributed by atoms with van der Waals surface area (Å²) in [4.78, 5) is 8.26. The molecule has 3 rings (SSSR count). The van der Waals surface area contributed by atoms with Crippen molar-refractivity contribution in [1.29, 1.82) is 0 Å². The van der Waals surface area contributed by atoms with Crippen LogP contribution in [0.5, 0.6) is 5.75 Å². The Labute approximate surface area is 149 Å². The van der Waals surface area contributed by atoms with Crippen molar-refractivity contribution in [2.75, 3.05) is 7.11 Å². The van der Waals surface area contributed by atoms with E-state index in [4.69, 9.17) is 9.88 Å². The topological polar surface area (TPSA) is 113 Å². The fourth-order valence-electron chi connectivity index (χ4n) is 2.47. The summed E-state index contributed by atoms with van der Waals surface area (Å²) in [6.07, 6.45) is 1.52. The van der Waals surface area contributed by atoms with Crippen molar-refractivity contribution in [2.24, 2.45) is 5.14 Å². The third-order valence-electron chi connectivity index (χ3n) is 3.65. The number of halogens is 1. The zero-order valence-corrected chi connectivity index (χ0v) is 15.1. The highest BCUT2D eigenvalue weighted by molar-refractivity contribution is 7.89. The van der Waals surface area contributed by atoms with Gasteiger partial charge in [0.1, 0.15) is 23.1 Å². The first-order chi connectivity index (χ1) is 12.2. The van der Waals surface area contributed by atoms with Crippen molar-refractivity contribution in [3.8, 4) is 22.8 Å². The Hall–Kier alpha value is -2.85. The maximum Gasteiger partial charge on any atom is 0.238 e. The monoisotopic (exact) mass is 377 g/mol. The van der Waals surface area contributed by atoms with E-state index in [2.05, 4.69) is 15.1 Å². The average Bonchev–Trinajstić information content (AvgIpc) is 2.95. The number of pyridine rings is 1. The quantitative estimate of drug-likeness (QED) is 0.741. The Morgan fingerprint density at radius 3 is 2.62 bits per heavy atom. The van der Waals surface area contributed by atoms with E-state index in [1.54, 1.807) is 19.9 Å². The van der Waals surface area contributed by atoms with Gasteiger partial charge in [0.15, 0.2) is 5.82 Å². The van der Waals surface area contributed by atoms with Crippen LogP contribution in [0.4, 0.5) is 4.39 Å². The summed E-state index contributed by atoms with van der Waals surface area (Å²) < 4.78 is 44.2. The molecule has 8 nitrogen and oxygen atoms in total. The second-order valence-electron chi connectivity index (χ2n) is 5.58. The van der Waals surface area contributed by atoms with Crippen LogP contribution in [-0.4, -0.2) is 35.3 Å². The Morgan fingerprint density at radius 2 is 1.96 bits per heavy atom. The molecule has 0 amide bonds. The van der Waals surface area contributed by atoms with Gasteiger partial charge in [0, 0.05) is 5.69 Å². The summed E-state index contributed by atoms with van der Waals surface area (Å²) in [5, 5.41) is 9.35. The Balaban J connectivity index is 2.29. The predicted molar refractivity (Wildman–Crippen MR) is 91.9 cm³/mol. The van der Waals surface area contributed by atoms with E-state index < -0.39 is 15.8 Å². The van der Waals surface area contributed by atoms with E-state index in [0.29, 0.717) is 22.8 Å². The van der Waals surface area contributed by atoms with Crippen LogP contribution >= 0.6 is 0 Å². The van der Waals surface area contributed by atoms with Gasteiger partial charge in [-0.25, -0.2) is 27.6 Å². The lowest BCUT2D eigenvalue weighted by Gasteiger charge is -2.11. The standard InChI is InChI=1S/C16H16FN5O3S/c1-9-6-12(15(25-3)8-19-9)16-20-10(2)21-22(16)14-7-11(26(18,23)24)4-5-13(14)17/h4-8H,1-3H3,(H2,18,23,24). The molecule has 0 bridgehead atoms. The molecule has 2 N–H and O–H groups in total. The average molecular weight is 377 g/mol. The van der Waals surface area contributed by atoms with E-state index in [1.807, 2.05) is 0 Å². The SMILES string of the molecule is COc1cnc(C)cc1-c1nc(C)nn1-c1cc(S(N)(=O)=O)ccc1F. The van der Waals surface area contributed by atoms with Crippen LogP contribution < -0.4 is 9.88 Å². The molecule has 0 saturated heterocycles. The number of primary sulfonamides is 1. The maximum absolute atomic E-state index is 14.4. The molecule has 1 aromatic carbocycles. The molecule has 0 aliphatic carbocycles. The zero-order chi connectivity index (χ0) is 19.1. The zero-order valence-electron chi connectivity index (χ0n) is 14.3. The lowest BCUT2D eigenvalue weighted by atomic mass is 10.2. The third-order valence-corrected chi connectivity index (χ3v) is 4.56. The van der Waals surface area contributed by atoms with Gasteiger partial charge in [-0.05, 0) is 38.1 Å². The van der Waals surface area contributed by atoms with Crippen molar-refractivity contribution < 1.29 is 17.5 Å². The number of hydrogen-bond acceptors (Lipinski definition) is 6. The summed E-state index contributed by atoms with van der Waals surface area (Å²) in [6.45, 7) is 3.43. The van der Waals surface area contributed by atoms with Gasteiger partial charge < -0.3 is 4.74 Å². The van der Waals surface area contributed by atoms with Gasteiger partial charge in [-0.15, -0.1) is 0 Å². The van der Waals surface area contributed by atoms with Gasteiger partial charge in [-0.2, -0.15) is 5.10 Å². The number of sulfonamides is 1. The summed E-state index contributed by atoms with van der Waals surface area (Å²) in [5.41, 5.74) is 1.15. The van der Waals surface area contributed by atoms with E-state index >= 15 is 0 Å². The number of rotatable bonds is 4. The van der Waals surface area contributed by atoms with Crippen LogP contribution in [-0.2, 0) is 10.0 Å². The van der Waals surface area contributed by atoms with Crippen LogP contribution in [0.2, 0.25) is 0 Å². The van der Waals surface area contributed by atoms with Crippen molar-refractivity contribution in [3.05, 3.63) is 47.8 Å². The first-order valence-electron chi connectivity index (χ1n) is 7.48. The summed E-state index contributed by atoms with van der Waals surface area (Å²) in [7, 11) is -2.53. The smallest absolute Gasteiger partial charge is 0.238 e. The first-order valence-corrected chi connectivity index (χ1v) is 9.02. The molecule has 136 valence electrons. The molecule has 0 fully saturated rings. The maximum atomic E-state index is 14.4. The highest BCUT2D eigenvalue weighted by atomic mass is 32.2. The Bertz CT molecular complexity index is 1100. The van der Waals surface area contributed by atoms with Crippen LogP contribution in [0.15, 0.2) is 35.4 Å². The minimum absolute atomic E-state index is 0.0938. The highest BCUT2D eigenvalue weighted by Gasteiger charge is 2.20. The van der Waals surface area contributed by atoms with Gasteiger partial charge in [0.25, 0.3) is 0 Å². The molecule has 2 heterocycles. The van der Waals surface area contributed by atoms with Gasteiger partial charge in [0.05, 0.1) is 23.8 Å². The molecule has 0 aliphatic heterocycles. The van der Waals surface area contributed by atoms with Crippen LogP contribution in [0.3, 0.4) is 0 Å². The highest BCUT2D eigenvalue weighted by Crippen LogP contribution is 2.31. The molecular weight excluding hydrogens is 361 g/mol. The molecule has 0 saturated carbocycles. The van der Waals surface area contributed by atoms with Crippen LogP contribution in [0.1, 0.15) is 11.5 Å². The van der Waals surface area contributed by atoms with E-state index in [-0.39, 0.29) is 16.4 Å². The lowest BCUT2D eigenvalue weighted by Crippen LogP contribution is -2.13. The fraction of sp³-hybridized carbons (Fsp3) is 0.188. The molecule has 0 unspecified atom stereocenters. The van der Waals surface area contributed by atoms with Gasteiger partial charge in [0.2, 0.25) is 10.0 Å². The van der Waals surface area contributed by atoms with Crippen molar-refractivity contribution in [3.63, 3.8) is 0 Å². The predicted octanol–water partition coefficient (Wildman–Crippen LogP) is 1.74. The minimum Gasteiger partial charge on any atom is -0.494 e. The number of nitrogens with zero attached hydrogens (tertiary/aromatic N) is 4. The summed E-state index contributed by atoms with van der Waals surface area (Å²) in [5.74, 6) is 0.410. The minimum atomic E-state index is -4.00. The molecule has 0 atom stereocenters. The van der Waals surface area contributed by atoms with Crippen molar-refractivity contribution in [1.82, 2.24) is 19.7 Å². The summed E-state index contributed by atoms with van der Waals surface area (Å²) in [6, 6.07) is 4.95. The molecule has 3 aromatic rings.